The summed E-state index contributed by atoms with van der Waals surface area (Å²) in [6.45, 7) is 3.46. The van der Waals surface area contributed by atoms with Gasteiger partial charge in [-0.25, -0.2) is 0 Å². The minimum Gasteiger partial charge on any atom is -0.383 e. The zero-order valence-corrected chi connectivity index (χ0v) is 5.79. The molecule has 0 aliphatic heterocycles. The highest BCUT2D eigenvalue weighted by molar-refractivity contribution is 5.76. The van der Waals surface area contributed by atoms with E-state index in [9.17, 15) is 4.79 Å². The molecule has 0 rings (SSSR count). The van der Waals surface area contributed by atoms with Crippen LogP contribution < -0.4 is 0 Å². The fourth-order valence-corrected chi connectivity index (χ4v) is 0.429. The molecule has 0 bridgehead atoms. The van der Waals surface area contributed by atoms with Crippen molar-refractivity contribution in [2.45, 2.75) is 0 Å². The van der Waals surface area contributed by atoms with Crippen molar-refractivity contribution < 1.29 is 4.79 Å². The Labute approximate surface area is 55.5 Å². The van der Waals surface area contributed by atoms with Crippen LogP contribution in [0.1, 0.15) is 0 Å². The Morgan fingerprint density at radius 3 is 2.22 bits per heavy atom. The highest BCUT2D eigenvalue weighted by Crippen LogP contribution is 1.90. The van der Waals surface area contributed by atoms with Crippen molar-refractivity contribution in [2.75, 3.05) is 14.1 Å². The molecule has 0 aliphatic rings. The van der Waals surface area contributed by atoms with E-state index in [0.717, 1.165) is 6.29 Å². The lowest BCUT2D eigenvalue weighted by Gasteiger charge is -2.03. The second-order valence-electron chi connectivity index (χ2n) is 1.91. The summed E-state index contributed by atoms with van der Waals surface area (Å²) in [6, 6.07) is 0. The molecule has 9 heavy (non-hydrogen) atoms. The zero-order chi connectivity index (χ0) is 7.28. The molecule has 0 heterocycles. The molecule has 0 aromatic carbocycles. The van der Waals surface area contributed by atoms with Gasteiger partial charge in [0.05, 0.1) is 0 Å². The molecule has 2 nitrogen and oxygen atoms in total. The third-order valence-electron chi connectivity index (χ3n) is 0.779. The van der Waals surface area contributed by atoms with Gasteiger partial charge >= 0.3 is 0 Å². The molecule has 0 unspecified atom stereocenters. The van der Waals surface area contributed by atoms with Crippen molar-refractivity contribution in [3.63, 3.8) is 0 Å². The van der Waals surface area contributed by atoms with Crippen molar-refractivity contribution in [1.29, 1.82) is 0 Å². The average Bonchev–Trinajstić information content (AvgIpc) is 1.82. The molecule has 50 valence electrons. The van der Waals surface area contributed by atoms with Gasteiger partial charge in [0.15, 0.2) is 6.29 Å². The number of carbonyl (C=O) groups excluding carboxylic acids is 1. The van der Waals surface area contributed by atoms with Crippen LogP contribution in [0.2, 0.25) is 0 Å². The van der Waals surface area contributed by atoms with Crippen LogP contribution in [-0.4, -0.2) is 25.3 Å². The Bertz CT molecular complexity index is 126. The third-order valence-corrected chi connectivity index (χ3v) is 0.779. The summed E-state index contributed by atoms with van der Waals surface area (Å²) < 4.78 is 0. The highest BCUT2D eigenvalue weighted by Gasteiger charge is 1.85. The first-order chi connectivity index (χ1) is 4.20. The summed E-state index contributed by atoms with van der Waals surface area (Å²) in [5, 5.41) is 0. The minimum atomic E-state index is 0.597. The third kappa shape index (κ3) is 3.53. The molecule has 0 saturated carbocycles. The van der Waals surface area contributed by atoms with Gasteiger partial charge in [-0.2, -0.15) is 0 Å². The summed E-state index contributed by atoms with van der Waals surface area (Å²) in [5.74, 6) is 0. The van der Waals surface area contributed by atoms with E-state index in [1.807, 2.05) is 14.1 Å². The van der Waals surface area contributed by atoms with Gasteiger partial charge in [-0.15, -0.1) is 0 Å². The quantitative estimate of drug-likeness (QED) is 0.316. The van der Waals surface area contributed by atoms with E-state index in [4.69, 9.17) is 0 Å². The van der Waals surface area contributed by atoms with Gasteiger partial charge in [-0.3, -0.25) is 4.79 Å². The van der Waals surface area contributed by atoms with Crippen molar-refractivity contribution in [2.24, 2.45) is 0 Å². The molecule has 0 fully saturated rings. The minimum absolute atomic E-state index is 0.597. The van der Waals surface area contributed by atoms with Crippen LogP contribution in [0.5, 0.6) is 0 Å². The molecule has 0 aromatic heterocycles. The van der Waals surface area contributed by atoms with Gasteiger partial charge in [-0.1, -0.05) is 12.7 Å². The topological polar surface area (TPSA) is 20.3 Å². The molecular weight excluding hydrogens is 114 g/mol. The van der Waals surface area contributed by atoms with Gasteiger partial charge in [0, 0.05) is 25.9 Å². The van der Waals surface area contributed by atoms with Gasteiger partial charge < -0.3 is 4.90 Å². The van der Waals surface area contributed by atoms with E-state index in [-0.39, 0.29) is 0 Å². The van der Waals surface area contributed by atoms with E-state index in [0.29, 0.717) is 5.57 Å². The first-order valence-electron chi connectivity index (χ1n) is 2.66. The highest BCUT2D eigenvalue weighted by atomic mass is 16.1. The molecule has 0 aliphatic carbocycles. The Morgan fingerprint density at radius 2 is 2.11 bits per heavy atom. The van der Waals surface area contributed by atoms with Gasteiger partial charge in [0.2, 0.25) is 0 Å². The maximum atomic E-state index is 10.1. The standard InChI is InChI=1S/C7H11NO/c1-4-7(6-9)5-8(2)3/h4-6H,1H2,2-3H3/b7-5+. The van der Waals surface area contributed by atoms with E-state index in [2.05, 4.69) is 6.58 Å². The fraction of sp³-hybridized carbons (Fsp3) is 0.286. The summed E-state index contributed by atoms with van der Waals surface area (Å²) in [5.41, 5.74) is 0.597. The number of allylic oxidation sites excluding steroid dienone is 2. The maximum Gasteiger partial charge on any atom is 0.151 e. The normalized spacial score (nSPS) is 10.7. The summed E-state index contributed by atoms with van der Waals surface area (Å²) >= 11 is 0. The molecule has 0 saturated heterocycles. The monoisotopic (exact) mass is 125 g/mol. The molecule has 0 aromatic rings. The second kappa shape index (κ2) is 3.89. The lowest BCUT2D eigenvalue weighted by atomic mass is 10.3. The Kier molecular flexibility index (Phi) is 3.44. The van der Waals surface area contributed by atoms with Gasteiger partial charge in [0.25, 0.3) is 0 Å². The van der Waals surface area contributed by atoms with Crippen LogP contribution in [0.3, 0.4) is 0 Å². The smallest absolute Gasteiger partial charge is 0.151 e. The summed E-state index contributed by atoms with van der Waals surface area (Å²) in [4.78, 5) is 11.9. The Hall–Kier alpha value is -1.05. The fourth-order valence-electron chi connectivity index (χ4n) is 0.429. The Balaban J connectivity index is 4.06. The first-order valence-corrected chi connectivity index (χ1v) is 2.66. The lowest BCUT2D eigenvalue weighted by molar-refractivity contribution is -0.104. The molecule has 0 N–H and O–H groups in total. The number of aldehydes is 1. The van der Waals surface area contributed by atoms with Crippen LogP contribution in [0.25, 0.3) is 0 Å². The van der Waals surface area contributed by atoms with Crippen molar-refractivity contribution in [3.05, 3.63) is 24.4 Å². The SMILES string of the molecule is C=C/C(C=O)=C\N(C)C. The van der Waals surface area contributed by atoms with Crippen LogP contribution in [0.15, 0.2) is 24.4 Å². The van der Waals surface area contributed by atoms with E-state index < -0.39 is 0 Å². The Morgan fingerprint density at radius 1 is 1.56 bits per heavy atom. The van der Waals surface area contributed by atoms with Crippen LogP contribution in [0.4, 0.5) is 0 Å². The number of hydrogen-bond acceptors (Lipinski definition) is 2. The van der Waals surface area contributed by atoms with Gasteiger partial charge in [0.1, 0.15) is 0 Å². The summed E-state index contributed by atoms with van der Waals surface area (Å²) in [7, 11) is 3.71. The van der Waals surface area contributed by atoms with Crippen LogP contribution >= 0.6 is 0 Å². The van der Waals surface area contributed by atoms with Crippen molar-refractivity contribution in [1.82, 2.24) is 4.90 Å². The van der Waals surface area contributed by atoms with E-state index in [1.165, 1.54) is 6.08 Å². The molecule has 0 amide bonds. The van der Waals surface area contributed by atoms with Crippen LogP contribution in [-0.2, 0) is 4.79 Å². The zero-order valence-electron chi connectivity index (χ0n) is 5.79. The average molecular weight is 125 g/mol. The first kappa shape index (κ1) is 7.95. The van der Waals surface area contributed by atoms with Crippen molar-refractivity contribution >= 4 is 6.29 Å². The van der Waals surface area contributed by atoms with Crippen LogP contribution in [0, 0.1) is 0 Å². The lowest BCUT2D eigenvalue weighted by Crippen LogP contribution is -2.02. The molecule has 0 spiro atoms. The van der Waals surface area contributed by atoms with E-state index in [1.54, 1.807) is 11.1 Å². The molecular formula is C7H11NO. The number of hydrogen-bond donors (Lipinski definition) is 0. The molecule has 0 radical (unpaired) electrons. The van der Waals surface area contributed by atoms with Gasteiger partial charge in [-0.05, 0) is 0 Å². The number of carbonyl (C=O) groups is 1. The number of rotatable bonds is 3. The molecule has 2 heteroatoms. The van der Waals surface area contributed by atoms with E-state index >= 15 is 0 Å². The maximum absolute atomic E-state index is 10.1. The second-order valence-corrected chi connectivity index (χ2v) is 1.91. The molecule has 0 atom stereocenters. The number of nitrogens with zero attached hydrogens (tertiary/aromatic N) is 1. The van der Waals surface area contributed by atoms with Crippen molar-refractivity contribution in [3.8, 4) is 0 Å². The predicted octanol–water partition coefficient (Wildman–Crippen LogP) is 0.817. The largest absolute Gasteiger partial charge is 0.383 e. The summed E-state index contributed by atoms with van der Waals surface area (Å²) in [6.07, 6.45) is 4.00. The predicted molar refractivity (Wildman–Crippen MR) is 38.0 cm³/mol.